The van der Waals surface area contributed by atoms with Gasteiger partial charge in [0.05, 0.1) is 5.52 Å². The first-order valence-corrected chi connectivity index (χ1v) is 6.04. The third-order valence-corrected chi connectivity index (χ3v) is 3.32. The van der Waals surface area contributed by atoms with Gasteiger partial charge in [-0.15, -0.1) is 0 Å². The Balaban J connectivity index is 2.04. The zero-order valence-electron chi connectivity index (χ0n) is 9.57. The average Bonchev–Trinajstić information content (AvgIpc) is 2.81. The lowest BCUT2D eigenvalue weighted by molar-refractivity contribution is 0.596. The maximum absolute atomic E-state index is 11.5. The van der Waals surface area contributed by atoms with Crippen molar-refractivity contribution in [2.45, 2.75) is 25.3 Å². The van der Waals surface area contributed by atoms with Crippen LogP contribution in [0.2, 0.25) is 0 Å². The maximum Gasteiger partial charge on any atom is 0.345 e. The molecule has 0 aliphatic carbocycles. The third kappa shape index (κ3) is 2.08. The van der Waals surface area contributed by atoms with Gasteiger partial charge in [0.25, 0.3) is 0 Å². The van der Waals surface area contributed by atoms with Crippen LogP contribution < -0.4 is 11.0 Å². The molecule has 0 bridgehead atoms. The van der Waals surface area contributed by atoms with Crippen molar-refractivity contribution in [3.8, 4) is 0 Å². The van der Waals surface area contributed by atoms with Crippen LogP contribution in [-0.2, 0) is 6.42 Å². The molecule has 1 saturated heterocycles. The van der Waals surface area contributed by atoms with E-state index < -0.39 is 0 Å². The fourth-order valence-corrected chi connectivity index (χ4v) is 2.50. The molecule has 1 aromatic carbocycles. The Morgan fingerprint density at radius 2 is 2.24 bits per heavy atom. The van der Waals surface area contributed by atoms with Gasteiger partial charge < -0.3 is 10.3 Å². The number of nitrogens with zero attached hydrogens (tertiary/aromatic N) is 1. The smallest absolute Gasteiger partial charge is 0.314 e. The second kappa shape index (κ2) is 4.30. The van der Waals surface area contributed by atoms with Crippen molar-refractivity contribution in [2.75, 3.05) is 6.54 Å². The molecule has 1 aliphatic heterocycles. The highest BCUT2D eigenvalue weighted by atomic mass is 16.1. The molecule has 17 heavy (non-hydrogen) atoms. The first-order chi connectivity index (χ1) is 8.33. The van der Waals surface area contributed by atoms with E-state index in [0.717, 1.165) is 29.6 Å². The molecule has 0 saturated carbocycles. The fourth-order valence-electron chi connectivity index (χ4n) is 2.50. The van der Waals surface area contributed by atoms with Gasteiger partial charge in [-0.25, -0.2) is 4.79 Å². The predicted molar refractivity (Wildman–Crippen MR) is 67.1 cm³/mol. The highest BCUT2D eigenvalue weighted by Gasteiger charge is 2.16. The van der Waals surface area contributed by atoms with Crippen molar-refractivity contribution in [2.24, 2.45) is 0 Å². The molecule has 1 unspecified atom stereocenters. The predicted octanol–water partition coefficient (Wildman–Crippen LogP) is 1.22. The Morgan fingerprint density at radius 3 is 3.06 bits per heavy atom. The normalized spacial score (nSPS) is 19.9. The Morgan fingerprint density at radius 1 is 1.35 bits per heavy atom. The molecule has 3 rings (SSSR count). The quantitative estimate of drug-likeness (QED) is 0.814. The van der Waals surface area contributed by atoms with Crippen LogP contribution in [-0.4, -0.2) is 22.6 Å². The minimum atomic E-state index is -0.253. The molecule has 2 aromatic rings. The van der Waals surface area contributed by atoms with E-state index in [-0.39, 0.29) is 5.69 Å². The summed E-state index contributed by atoms with van der Waals surface area (Å²) in [6.07, 6.45) is 3.27. The molecule has 88 valence electrons. The number of aromatic nitrogens is 2. The van der Waals surface area contributed by atoms with E-state index in [1.54, 1.807) is 0 Å². The Bertz CT molecular complexity index is 584. The Labute approximate surface area is 99.1 Å². The van der Waals surface area contributed by atoms with Crippen LogP contribution >= 0.6 is 0 Å². The van der Waals surface area contributed by atoms with Crippen molar-refractivity contribution in [3.63, 3.8) is 0 Å². The lowest BCUT2D eigenvalue weighted by Gasteiger charge is -2.11. The Hall–Kier alpha value is -1.68. The largest absolute Gasteiger partial charge is 0.345 e. The fraction of sp³-hybridized carbons (Fsp3) is 0.385. The van der Waals surface area contributed by atoms with Crippen LogP contribution in [0.15, 0.2) is 29.1 Å². The lowest BCUT2D eigenvalue weighted by atomic mass is 10.1. The van der Waals surface area contributed by atoms with Gasteiger partial charge >= 0.3 is 5.69 Å². The van der Waals surface area contributed by atoms with Crippen LogP contribution in [0.25, 0.3) is 10.9 Å². The van der Waals surface area contributed by atoms with E-state index in [1.165, 1.54) is 12.8 Å². The number of benzene rings is 1. The zero-order chi connectivity index (χ0) is 11.7. The Kier molecular flexibility index (Phi) is 2.65. The molecule has 0 radical (unpaired) electrons. The molecule has 4 nitrogen and oxygen atoms in total. The molecule has 1 fully saturated rings. The van der Waals surface area contributed by atoms with Gasteiger partial charge in [-0.2, -0.15) is 4.98 Å². The van der Waals surface area contributed by atoms with E-state index in [9.17, 15) is 4.79 Å². The summed E-state index contributed by atoms with van der Waals surface area (Å²) >= 11 is 0. The SMILES string of the molecule is O=c1nc2ccccc2c(CC2CCCN2)[nH]1. The van der Waals surface area contributed by atoms with Gasteiger partial charge in [-0.05, 0) is 25.5 Å². The van der Waals surface area contributed by atoms with Crippen LogP contribution in [0.5, 0.6) is 0 Å². The summed E-state index contributed by atoms with van der Waals surface area (Å²) in [5.41, 5.74) is 1.53. The van der Waals surface area contributed by atoms with E-state index in [4.69, 9.17) is 0 Å². The van der Waals surface area contributed by atoms with Crippen molar-refractivity contribution in [1.29, 1.82) is 0 Å². The second-order valence-electron chi connectivity index (χ2n) is 4.54. The van der Waals surface area contributed by atoms with Crippen molar-refractivity contribution < 1.29 is 0 Å². The first-order valence-electron chi connectivity index (χ1n) is 6.04. The summed E-state index contributed by atoms with van der Waals surface area (Å²) in [5.74, 6) is 0. The minimum absolute atomic E-state index is 0.253. The van der Waals surface area contributed by atoms with E-state index in [0.29, 0.717) is 6.04 Å². The molecule has 0 spiro atoms. The molecular weight excluding hydrogens is 214 g/mol. The molecule has 1 aromatic heterocycles. The summed E-state index contributed by atoms with van der Waals surface area (Å²) < 4.78 is 0. The minimum Gasteiger partial charge on any atom is -0.314 e. The van der Waals surface area contributed by atoms with Crippen molar-refractivity contribution in [1.82, 2.24) is 15.3 Å². The van der Waals surface area contributed by atoms with Crippen LogP contribution in [0.1, 0.15) is 18.5 Å². The van der Waals surface area contributed by atoms with Gasteiger partial charge in [-0.3, -0.25) is 0 Å². The second-order valence-corrected chi connectivity index (χ2v) is 4.54. The first kappa shape index (κ1) is 10.5. The summed E-state index contributed by atoms with van der Waals surface area (Å²) in [7, 11) is 0. The van der Waals surface area contributed by atoms with Crippen molar-refractivity contribution >= 4 is 10.9 Å². The van der Waals surface area contributed by atoms with E-state index >= 15 is 0 Å². The topological polar surface area (TPSA) is 57.8 Å². The number of aromatic amines is 1. The summed E-state index contributed by atoms with van der Waals surface area (Å²) in [5, 5.41) is 4.50. The lowest BCUT2D eigenvalue weighted by Crippen LogP contribution is -2.26. The van der Waals surface area contributed by atoms with Gasteiger partial charge in [0.15, 0.2) is 0 Å². The maximum atomic E-state index is 11.5. The molecule has 2 N–H and O–H groups in total. The van der Waals surface area contributed by atoms with Gasteiger partial charge in [0, 0.05) is 23.5 Å². The molecule has 2 heterocycles. The highest BCUT2D eigenvalue weighted by Crippen LogP contribution is 2.17. The van der Waals surface area contributed by atoms with E-state index in [2.05, 4.69) is 15.3 Å². The van der Waals surface area contributed by atoms with Crippen molar-refractivity contribution in [3.05, 3.63) is 40.4 Å². The highest BCUT2D eigenvalue weighted by molar-refractivity contribution is 5.80. The number of nitrogens with one attached hydrogen (secondary N) is 2. The average molecular weight is 229 g/mol. The molecule has 1 aliphatic rings. The number of hydrogen-bond acceptors (Lipinski definition) is 3. The number of rotatable bonds is 2. The van der Waals surface area contributed by atoms with Crippen LogP contribution in [0.4, 0.5) is 0 Å². The van der Waals surface area contributed by atoms with Crippen LogP contribution in [0, 0.1) is 0 Å². The van der Waals surface area contributed by atoms with E-state index in [1.807, 2.05) is 24.3 Å². The number of fused-ring (bicyclic) bond motifs is 1. The van der Waals surface area contributed by atoms with Gasteiger partial charge in [-0.1, -0.05) is 18.2 Å². The third-order valence-electron chi connectivity index (χ3n) is 3.32. The standard InChI is InChI=1S/C13H15N3O/c17-13-15-11-6-2-1-5-10(11)12(16-13)8-9-4-3-7-14-9/h1-2,5-6,9,14H,3-4,7-8H2,(H,15,16,17). The summed E-state index contributed by atoms with van der Waals surface area (Å²) in [4.78, 5) is 18.3. The molecule has 0 amide bonds. The number of para-hydroxylation sites is 1. The molecule has 4 heteroatoms. The summed E-state index contributed by atoms with van der Waals surface area (Å²) in [6.45, 7) is 1.08. The summed E-state index contributed by atoms with van der Waals surface area (Å²) in [6, 6.07) is 8.27. The molecular formula is C13H15N3O. The van der Waals surface area contributed by atoms with Crippen LogP contribution in [0.3, 0.4) is 0 Å². The molecule has 1 atom stereocenters. The van der Waals surface area contributed by atoms with Gasteiger partial charge in [0.2, 0.25) is 0 Å². The number of hydrogen-bond donors (Lipinski definition) is 2. The van der Waals surface area contributed by atoms with Gasteiger partial charge in [0.1, 0.15) is 0 Å². The zero-order valence-corrected chi connectivity index (χ0v) is 9.57. The number of H-pyrrole nitrogens is 1. The monoisotopic (exact) mass is 229 g/mol.